The summed E-state index contributed by atoms with van der Waals surface area (Å²) in [7, 11) is -17.9. The maximum atomic E-state index is 9.06. The van der Waals surface area contributed by atoms with Gasteiger partial charge >= 0.3 is 25.7 Å². The van der Waals surface area contributed by atoms with E-state index >= 15 is 0 Å². The first-order chi connectivity index (χ1) is 38.1. The van der Waals surface area contributed by atoms with Crippen LogP contribution in [-0.2, 0) is 16.5 Å². The highest BCUT2D eigenvalue weighted by Gasteiger charge is 2.61. The van der Waals surface area contributed by atoms with Crippen molar-refractivity contribution in [2.24, 2.45) is 0 Å². The number of rotatable bonds is 18. The average Bonchev–Trinajstić information content (AvgIpc) is 3.58. The van der Waals surface area contributed by atoms with Gasteiger partial charge in [0.2, 0.25) is 18.1 Å². The third kappa shape index (κ3) is 12.2. The largest absolute Gasteiger partial charge is 0.424 e. The minimum Gasteiger partial charge on any atom is -0.424 e. The predicted octanol–water partition coefficient (Wildman–Crippen LogP) is 8.98. The normalized spacial score (nSPS) is 12.1. The van der Waals surface area contributed by atoms with Gasteiger partial charge in [0.15, 0.2) is 0 Å². The van der Waals surface area contributed by atoms with Crippen LogP contribution in [0, 0.1) is 69.2 Å². The first kappa shape index (κ1) is 55.4. The fraction of sp³-hybridized carbons (Fsp3) is 0.143. The Hall–Kier alpha value is -6.88. The maximum absolute atomic E-state index is 9.06. The van der Waals surface area contributed by atoms with Crippen LogP contribution in [0.4, 0.5) is 0 Å². The Morgan fingerprint density at radius 3 is 0.494 bits per heavy atom. The van der Waals surface area contributed by atoms with Crippen molar-refractivity contribution in [3.63, 3.8) is 0 Å². The molecule has 0 radical (unpaired) electrons. The Morgan fingerprint density at radius 1 is 0.190 bits per heavy atom. The van der Waals surface area contributed by atoms with Gasteiger partial charge in [0.25, 0.3) is 0 Å². The third-order valence-electron chi connectivity index (χ3n) is 15.3. The van der Waals surface area contributed by atoms with Crippen molar-refractivity contribution < 1.29 is 16.5 Å². The van der Waals surface area contributed by atoms with E-state index in [-0.39, 0.29) is 0 Å². The minimum absolute atomic E-state index is 0.967. The molecule has 0 saturated heterocycles. The third-order valence-corrected chi connectivity index (χ3v) is 34.9. The molecule has 4 nitrogen and oxygen atoms in total. The Morgan fingerprint density at radius 2 is 0.329 bits per heavy atom. The predicted molar refractivity (Wildman–Crippen MR) is 344 cm³/mol. The molecule has 0 fully saturated rings. The van der Waals surface area contributed by atoms with Crippen LogP contribution >= 0.6 is 0 Å². The van der Waals surface area contributed by atoms with Gasteiger partial charge in [-0.15, -0.1) is 0 Å². The summed E-state index contributed by atoms with van der Waals surface area (Å²) >= 11 is 0. The topological polar surface area (TPSA) is 36.9 Å². The molecule has 0 aliphatic heterocycles. The van der Waals surface area contributed by atoms with Crippen LogP contribution < -0.4 is 51.9 Å². The molecule has 0 amide bonds. The highest BCUT2D eigenvalue weighted by molar-refractivity contribution is 7.12. The molecular formula is C70H72O4Si5. The number of hydrogen-bond donors (Lipinski definition) is 0. The van der Waals surface area contributed by atoms with E-state index in [1.165, 1.54) is 43.0 Å². The molecule has 10 aromatic carbocycles. The second-order valence-corrected chi connectivity index (χ2v) is 36.8. The molecule has 0 bridgehead atoms. The fourth-order valence-electron chi connectivity index (χ4n) is 10.3. The van der Waals surface area contributed by atoms with Gasteiger partial charge in [-0.05, 0) is 121 Å². The molecule has 0 aliphatic carbocycles. The molecule has 0 aliphatic rings. The van der Waals surface area contributed by atoms with E-state index in [1.54, 1.807) is 0 Å². The van der Waals surface area contributed by atoms with Crippen LogP contribution in [0.25, 0.3) is 0 Å². The molecule has 0 N–H and O–H groups in total. The van der Waals surface area contributed by atoms with E-state index in [1.807, 2.05) is 0 Å². The van der Waals surface area contributed by atoms with E-state index in [0.29, 0.717) is 0 Å². The van der Waals surface area contributed by atoms with Crippen molar-refractivity contribution in [2.75, 3.05) is 0 Å². The van der Waals surface area contributed by atoms with Crippen molar-refractivity contribution in [3.8, 4) is 0 Å². The van der Waals surface area contributed by atoms with Crippen LogP contribution in [0.1, 0.15) is 55.6 Å². The van der Waals surface area contributed by atoms with Crippen LogP contribution in [0.2, 0.25) is 0 Å². The smallest absolute Gasteiger partial charge is 0.390 e. The van der Waals surface area contributed by atoms with Crippen LogP contribution in [0.3, 0.4) is 0 Å². The maximum Gasteiger partial charge on any atom is 0.390 e. The molecule has 0 unspecified atom stereocenters. The van der Waals surface area contributed by atoms with Gasteiger partial charge < -0.3 is 16.5 Å². The molecular weight excluding hydrogens is 1050 g/mol. The van der Waals surface area contributed by atoms with Crippen molar-refractivity contribution >= 4 is 95.6 Å². The Labute approximate surface area is 476 Å². The summed E-state index contributed by atoms with van der Waals surface area (Å²) in [5.41, 5.74) is 11.7. The molecule has 79 heavy (non-hydrogen) atoms. The van der Waals surface area contributed by atoms with Gasteiger partial charge in [-0.3, -0.25) is 0 Å². The van der Waals surface area contributed by atoms with Gasteiger partial charge in [0.1, 0.15) is 0 Å². The average molecular weight is 1120 g/mol. The molecule has 10 aromatic rings. The highest BCUT2D eigenvalue weighted by Crippen LogP contribution is 2.28. The molecule has 0 aromatic heterocycles. The minimum atomic E-state index is -4.31. The standard InChI is InChI=1S/C70H72O4Si5/c1-51-11-31-61(32-12-51)75(62-33-13-52(2)14-34-62)71-77(65-39-19-55(5)20-40-65,66-41-21-56(6)22-42-66)73-79(69-47-27-59(9)28-48-69,70-49-29-60(10)30-50-70)74-78(67-43-23-57(7)24-44-67,68-45-25-58(8)26-46-68)72-76(63-35-15-53(3)16-36-63)64-37-17-54(4)18-38-64/h11-50,75-76H,1-10H3. The van der Waals surface area contributed by atoms with Crippen molar-refractivity contribution in [2.45, 2.75) is 69.2 Å². The molecule has 0 spiro atoms. The number of hydrogen-bond acceptors (Lipinski definition) is 4. The lowest BCUT2D eigenvalue weighted by atomic mass is 10.2. The van der Waals surface area contributed by atoms with Gasteiger partial charge in [-0.25, -0.2) is 0 Å². The lowest BCUT2D eigenvalue weighted by Crippen LogP contribution is -2.82. The van der Waals surface area contributed by atoms with Crippen molar-refractivity contribution in [1.82, 2.24) is 0 Å². The number of benzene rings is 10. The van der Waals surface area contributed by atoms with Crippen LogP contribution in [-0.4, -0.2) is 43.8 Å². The summed E-state index contributed by atoms with van der Waals surface area (Å²) in [5, 5.41) is 10.6. The zero-order valence-electron chi connectivity index (χ0n) is 47.4. The van der Waals surface area contributed by atoms with Gasteiger partial charge in [-0.1, -0.05) is 298 Å². The van der Waals surface area contributed by atoms with Crippen molar-refractivity contribution in [3.05, 3.63) is 298 Å². The summed E-state index contributed by atoms with van der Waals surface area (Å²) < 4.78 is 35.3. The van der Waals surface area contributed by atoms with E-state index < -0.39 is 43.8 Å². The zero-order chi connectivity index (χ0) is 55.3. The molecule has 396 valence electrons. The summed E-state index contributed by atoms with van der Waals surface area (Å²) in [6, 6.07) is 89.7. The van der Waals surface area contributed by atoms with E-state index in [0.717, 1.165) is 64.5 Å². The van der Waals surface area contributed by atoms with Gasteiger partial charge in [0, 0.05) is 0 Å². The van der Waals surface area contributed by atoms with E-state index in [2.05, 4.69) is 312 Å². The van der Waals surface area contributed by atoms with Gasteiger partial charge in [0.05, 0.1) is 0 Å². The summed E-state index contributed by atoms with van der Waals surface area (Å²) in [4.78, 5) is 0. The second kappa shape index (κ2) is 23.8. The highest BCUT2D eigenvalue weighted by atomic mass is 28.5. The zero-order valence-corrected chi connectivity index (χ0v) is 52.7. The Bertz CT molecular complexity index is 3180. The molecule has 0 saturated carbocycles. The molecule has 0 atom stereocenters. The first-order valence-electron chi connectivity index (χ1n) is 27.6. The summed E-state index contributed by atoms with van der Waals surface area (Å²) in [6.07, 6.45) is 0. The van der Waals surface area contributed by atoms with E-state index in [4.69, 9.17) is 16.5 Å². The fourth-order valence-corrected chi connectivity index (χ4v) is 33.7. The van der Waals surface area contributed by atoms with E-state index in [9.17, 15) is 0 Å². The van der Waals surface area contributed by atoms with Crippen LogP contribution in [0.5, 0.6) is 0 Å². The summed E-state index contributed by atoms with van der Waals surface area (Å²) in [5.74, 6) is 0. The van der Waals surface area contributed by atoms with Crippen molar-refractivity contribution in [1.29, 1.82) is 0 Å². The molecule has 9 heteroatoms. The second-order valence-electron chi connectivity index (χ2n) is 21.9. The lowest BCUT2D eigenvalue weighted by molar-refractivity contribution is 0.334. The lowest BCUT2D eigenvalue weighted by Gasteiger charge is -2.47. The number of aryl methyl sites for hydroxylation is 10. The summed E-state index contributed by atoms with van der Waals surface area (Å²) in [6.45, 7) is 21.5. The first-order valence-corrected chi connectivity index (χ1v) is 36.3. The van der Waals surface area contributed by atoms with Crippen LogP contribution in [0.15, 0.2) is 243 Å². The monoisotopic (exact) mass is 1120 g/mol. The molecule has 10 rings (SSSR count). The molecule has 0 heterocycles. The Balaban J connectivity index is 1.36. The SMILES string of the molecule is Cc1ccc([SiH](O[Si](O[Si](O[Si](O[SiH](c2ccc(C)cc2)c2ccc(C)cc2)(c2ccc(C)cc2)c2ccc(C)cc2)(c2ccc(C)cc2)c2ccc(C)cc2)(c2ccc(C)cc2)c2ccc(C)cc2)c2ccc(C)cc2)cc1. The van der Waals surface area contributed by atoms with Gasteiger partial charge in [-0.2, -0.15) is 0 Å². The quantitative estimate of drug-likeness (QED) is 0.0806. The Kier molecular flexibility index (Phi) is 16.7.